The third kappa shape index (κ3) is 34.5. The van der Waals surface area contributed by atoms with Crippen LogP contribution in [-0.4, -0.2) is 99.6 Å². The molecule has 11 nitrogen and oxygen atoms in total. The minimum Gasteiger partial charge on any atom is -0.454 e. The minimum atomic E-state index is -1.64. The lowest BCUT2D eigenvalue weighted by Crippen LogP contribution is -2.61. The molecule has 8 unspecified atom stereocenters. The second-order valence-electron chi connectivity index (χ2n) is 18.3. The van der Waals surface area contributed by atoms with E-state index in [1.807, 2.05) is 42.5 Å². The Bertz CT molecular complexity index is 1480. The van der Waals surface area contributed by atoms with Crippen LogP contribution in [0.1, 0.15) is 194 Å². The molecular formula is C58H97NO10. The first-order valence-corrected chi connectivity index (χ1v) is 27.0. The molecule has 0 saturated carbocycles. The predicted octanol–water partition coefficient (Wildman–Crippen LogP) is 11.6. The fourth-order valence-electron chi connectivity index (χ4n) is 7.70. The zero-order valence-electron chi connectivity index (χ0n) is 43.1. The van der Waals surface area contributed by atoms with Gasteiger partial charge in [0.25, 0.3) is 0 Å². The van der Waals surface area contributed by atoms with E-state index in [4.69, 9.17) is 14.2 Å². The van der Waals surface area contributed by atoms with Crippen molar-refractivity contribution in [2.45, 2.75) is 243 Å². The van der Waals surface area contributed by atoms with Crippen LogP contribution >= 0.6 is 0 Å². The number of hydrogen-bond donors (Lipinski definition) is 6. The van der Waals surface area contributed by atoms with E-state index in [1.165, 1.54) is 57.8 Å². The van der Waals surface area contributed by atoms with Crippen molar-refractivity contribution in [3.63, 3.8) is 0 Å². The summed E-state index contributed by atoms with van der Waals surface area (Å²) in [7, 11) is 0. The fraction of sp³-hybridized carbons (Fsp3) is 0.690. The van der Waals surface area contributed by atoms with E-state index < -0.39 is 67.4 Å². The van der Waals surface area contributed by atoms with Gasteiger partial charge >= 0.3 is 5.97 Å². The second-order valence-corrected chi connectivity index (χ2v) is 18.3. The van der Waals surface area contributed by atoms with E-state index in [2.05, 4.69) is 74.7 Å². The second kappa shape index (κ2) is 45.7. The molecule has 1 heterocycles. The molecule has 69 heavy (non-hydrogen) atoms. The molecule has 0 aliphatic carbocycles. The summed E-state index contributed by atoms with van der Waals surface area (Å²) in [6.07, 6.45) is 48.9. The SMILES string of the molecule is CC/C=C/C=C/C=C\CCCCCCC(O)C(=O)NC(COC1OC(CO)C(O)C(O)C1OC(=O)CCC/C=C\C/C=C\C/C=C\C/C=C\CCCCC)C(O)/C=C/CCCCCCCCCCC. The molecule has 1 amide bonds. The Morgan fingerprint density at radius 1 is 0.594 bits per heavy atom. The number of allylic oxidation sites excluding steroid dienone is 15. The average molecular weight is 968 g/mol. The van der Waals surface area contributed by atoms with Crippen LogP contribution in [-0.2, 0) is 23.8 Å². The summed E-state index contributed by atoms with van der Waals surface area (Å²) in [6.45, 7) is 5.53. The Hall–Kier alpha value is -3.42. The van der Waals surface area contributed by atoms with E-state index in [1.54, 1.807) is 6.08 Å². The summed E-state index contributed by atoms with van der Waals surface area (Å²) in [4.78, 5) is 26.3. The third-order valence-corrected chi connectivity index (χ3v) is 12.0. The number of aliphatic hydroxyl groups is 5. The maximum absolute atomic E-state index is 13.3. The summed E-state index contributed by atoms with van der Waals surface area (Å²) >= 11 is 0. The molecular weight excluding hydrogens is 871 g/mol. The minimum absolute atomic E-state index is 0.0401. The van der Waals surface area contributed by atoms with Gasteiger partial charge < -0.3 is 45.1 Å². The van der Waals surface area contributed by atoms with Crippen LogP contribution in [0, 0.1) is 0 Å². The number of rotatable bonds is 43. The van der Waals surface area contributed by atoms with Crippen LogP contribution in [0.15, 0.2) is 97.2 Å². The number of hydrogen-bond acceptors (Lipinski definition) is 10. The van der Waals surface area contributed by atoms with Gasteiger partial charge in [0.2, 0.25) is 5.91 Å². The average Bonchev–Trinajstić information content (AvgIpc) is 3.34. The fourth-order valence-corrected chi connectivity index (χ4v) is 7.70. The van der Waals surface area contributed by atoms with Crippen molar-refractivity contribution in [2.24, 2.45) is 0 Å². The van der Waals surface area contributed by atoms with Crippen LogP contribution in [0.2, 0.25) is 0 Å². The van der Waals surface area contributed by atoms with Crippen molar-refractivity contribution in [3.05, 3.63) is 97.2 Å². The zero-order valence-corrected chi connectivity index (χ0v) is 43.1. The first-order chi connectivity index (χ1) is 33.7. The molecule has 394 valence electrons. The molecule has 6 N–H and O–H groups in total. The quantitative estimate of drug-likeness (QED) is 0.0149. The van der Waals surface area contributed by atoms with Gasteiger partial charge in [0, 0.05) is 6.42 Å². The van der Waals surface area contributed by atoms with Gasteiger partial charge in [-0.1, -0.05) is 201 Å². The molecule has 1 aliphatic rings. The lowest BCUT2D eigenvalue weighted by atomic mass is 9.99. The maximum atomic E-state index is 13.3. The van der Waals surface area contributed by atoms with Crippen molar-refractivity contribution in [1.29, 1.82) is 0 Å². The summed E-state index contributed by atoms with van der Waals surface area (Å²) in [5.41, 5.74) is 0. The summed E-state index contributed by atoms with van der Waals surface area (Å²) in [6, 6.07) is -1.05. The highest BCUT2D eigenvalue weighted by atomic mass is 16.7. The van der Waals surface area contributed by atoms with Crippen molar-refractivity contribution in [3.8, 4) is 0 Å². The van der Waals surface area contributed by atoms with E-state index in [-0.39, 0.29) is 19.4 Å². The monoisotopic (exact) mass is 968 g/mol. The van der Waals surface area contributed by atoms with Crippen LogP contribution < -0.4 is 5.32 Å². The van der Waals surface area contributed by atoms with Crippen LogP contribution in [0.3, 0.4) is 0 Å². The van der Waals surface area contributed by atoms with E-state index >= 15 is 0 Å². The molecule has 0 spiro atoms. The molecule has 0 radical (unpaired) electrons. The van der Waals surface area contributed by atoms with E-state index in [0.29, 0.717) is 19.3 Å². The van der Waals surface area contributed by atoms with Crippen molar-refractivity contribution >= 4 is 11.9 Å². The van der Waals surface area contributed by atoms with Crippen molar-refractivity contribution in [1.82, 2.24) is 5.32 Å². The third-order valence-electron chi connectivity index (χ3n) is 12.0. The molecule has 1 saturated heterocycles. The number of unbranched alkanes of at least 4 members (excludes halogenated alkanes) is 17. The normalized spacial score (nSPS) is 20.6. The van der Waals surface area contributed by atoms with Crippen molar-refractivity contribution in [2.75, 3.05) is 13.2 Å². The topological polar surface area (TPSA) is 175 Å². The van der Waals surface area contributed by atoms with Gasteiger partial charge in [-0.15, -0.1) is 0 Å². The molecule has 8 atom stereocenters. The predicted molar refractivity (Wildman–Crippen MR) is 282 cm³/mol. The highest BCUT2D eigenvalue weighted by Crippen LogP contribution is 2.26. The van der Waals surface area contributed by atoms with E-state index in [0.717, 1.165) is 83.5 Å². The van der Waals surface area contributed by atoms with Crippen LogP contribution in [0.4, 0.5) is 0 Å². The first-order valence-electron chi connectivity index (χ1n) is 27.0. The number of carbonyl (C=O) groups is 2. The molecule has 11 heteroatoms. The Labute approximate surface area is 418 Å². The Morgan fingerprint density at radius 3 is 1.71 bits per heavy atom. The Kier molecular flexibility index (Phi) is 42.1. The highest BCUT2D eigenvalue weighted by Gasteiger charge is 2.47. The molecule has 0 aromatic carbocycles. The maximum Gasteiger partial charge on any atom is 0.306 e. The van der Waals surface area contributed by atoms with Crippen molar-refractivity contribution < 1.29 is 49.3 Å². The molecule has 0 aromatic heterocycles. The molecule has 1 rings (SSSR count). The van der Waals surface area contributed by atoms with Gasteiger partial charge in [0.05, 0.1) is 25.4 Å². The standard InChI is InChI=1S/C58H97NO10/c1-4-7-10-13-16-19-22-24-25-26-27-28-31-34-37-40-43-46-53(63)69-56-55(65)54(64)52(47-60)68-58(56)67-48-49(50(61)44-41-38-35-32-29-21-18-15-12-9-6-3)59-57(66)51(62)45-42-39-36-33-30-23-20-17-14-11-8-5-2/h8,11,14,16-17,19-20,23-25,27-28,34,37,41,44,49-52,54-56,58,60-62,64-65H,4-7,9-10,12-13,15,18,21-22,26,29-33,35-36,38-40,42-43,45-48H2,1-3H3,(H,59,66)/b11-8+,17-14+,19-16-,23-20-,25-24-,28-27-,37-34-,44-41+. The smallest absolute Gasteiger partial charge is 0.306 e. The molecule has 0 aromatic rings. The van der Waals surface area contributed by atoms with Crippen LogP contribution in [0.5, 0.6) is 0 Å². The number of esters is 1. The van der Waals surface area contributed by atoms with Gasteiger partial charge in [0.1, 0.15) is 24.4 Å². The summed E-state index contributed by atoms with van der Waals surface area (Å²) < 4.78 is 17.5. The lowest BCUT2D eigenvalue weighted by Gasteiger charge is -2.41. The molecule has 1 aliphatic heterocycles. The lowest BCUT2D eigenvalue weighted by molar-refractivity contribution is -0.305. The number of carbonyl (C=O) groups excluding carboxylic acids is 2. The van der Waals surface area contributed by atoms with Gasteiger partial charge in [0.15, 0.2) is 12.4 Å². The number of nitrogens with one attached hydrogen (secondary N) is 1. The van der Waals surface area contributed by atoms with Gasteiger partial charge in [-0.25, -0.2) is 0 Å². The summed E-state index contributed by atoms with van der Waals surface area (Å²) in [5, 5.41) is 56.6. The van der Waals surface area contributed by atoms with Gasteiger partial charge in [-0.05, 0) is 83.5 Å². The molecule has 0 bridgehead atoms. The van der Waals surface area contributed by atoms with Gasteiger partial charge in [-0.3, -0.25) is 9.59 Å². The number of ether oxygens (including phenoxy) is 3. The highest BCUT2D eigenvalue weighted by molar-refractivity contribution is 5.80. The largest absolute Gasteiger partial charge is 0.454 e. The molecule has 1 fully saturated rings. The first kappa shape index (κ1) is 63.6. The number of amides is 1. The van der Waals surface area contributed by atoms with Crippen LogP contribution in [0.25, 0.3) is 0 Å². The number of aliphatic hydroxyl groups excluding tert-OH is 5. The Balaban J connectivity index is 2.80. The van der Waals surface area contributed by atoms with E-state index in [9.17, 15) is 35.1 Å². The summed E-state index contributed by atoms with van der Waals surface area (Å²) in [5.74, 6) is -1.29. The van der Waals surface area contributed by atoms with Gasteiger partial charge in [-0.2, -0.15) is 0 Å². The Morgan fingerprint density at radius 2 is 1.10 bits per heavy atom. The zero-order chi connectivity index (χ0) is 50.4.